The number of nitrogens with one attached hydrogen (secondary N) is 1. The van der Waals surface area contributed by atoms with Gasteiger partial charge in [-0.1, -0.05) is 11.2 Å². The first-order valence-corrected chi connectivity index (χ1v) is 4.38. The molecule has 0 saturated carbocycles. The highest BCUT2D eigenvalue weighted by atomic mass is 19.1. The average Bonchev–Trinajstić information content (AvgIpc) is 2.25. The Balaban J connectivity index is 2.72. The third kappa shape index (κ3) is 3.38. The van der Waals surface area contributed by atoms with Crippen LogP contribution < -0.4 is 5.43 Å². The Morgan fingerprint density at radius 1 is 1.33 bits per heavy atom. The molecule has 0 bridgehead atoms. The predicted octanol–water partition coefficient (Wildman–Crippen LogP) is 2.46. The Kier molecular flexibility index (Phi) is 3.79. The van der Waals surface area contributed by atoms with E-state index >= 15 is 0 Å². The normalized spacial score (nSPS) is 12.7. The van der Waals surface area contributed by atoms with Crippen LogP contribution in [0.5, 0.6) is 0 Å². The molecule has 5 heteroatoms. The van der Waals surface area contributed by atoms with E-state index in [0.717, 1.165) is 0 Å². The molecule has 0 unspecified atom stereocenters. The van der Waals surface area contributed by atoms with E-state index in [9.17, 15) is 4.39 Å². The number of hydrogen-bond donors (Lipinski definition) is 2. The third-order valence-corrected chi connectivity index (χ3v) is 1.85. The molecule has 1 rings (SSSR count). The van der Waals surface area contributed by atoms with Crippen molar-refractivity contribution in [1.29, 1.82) is 0 Å². The molecule has 0 heterocycles. The van der Waals surface area contributed by atoms with Gasteiger partial charge >= 0.3 is 0 Å². The summed E-state index contributed by atoms with van der Waals surface area (Å²) in [6.45, 7) is 3.30. The van der Waals surface area contributed by atoms with Crippen LogP contribution in [0, 0.1) is 5.82 Å². The minimum Gasteiger partial charge on any atom is -0.411 e. The molecule has 0 aliphatic rings. The van der Waals surface area contributed by atoms with Crippen molar-refractivity contribution >= 4 is 17.1 Å². The summed E-state index contributed by atoms with van der Waals surface area (Å²) in [4.78, 5) is 0. The van der Waals surface area contributed by atoms with Crippen molar-refractivity contribution in [3.63, 3.8) is 0 Å². The number of nitrogens with zero attached hydrogens (tertiary/aromatic N) is 2. The molecular weight excluding hydrogens is 197 g/mol. The summed E-state index contributed by atoms with van der Waals surface area (Å²) in [6, 6.07) is 5.94. The first-order valence-electron chi connectivity index (χ1n) is 4.38. The van der Waals surface area contributed by atoms with Crippen molar-refractivity contribution in [3.05, 3.63) is 30.1 Å². The highest BCUT2D eigenvalue weighted by molar-refractivity contribution is 6.40. The number of hydrazone groups is 1. The Bertz CT molecular complexity index is 401. The van der Waals surface area contributed by atoms with E-state index in [2.05, 4.69) is 15.7 Å². The van der Waals surface area contributed by atoms with Crippen LogP contribution in [0.1, 0.15) is 13.8 Å². The first kappa shape index (κ1) is 11.2. The molecule has 0 amide bonds. The molecule has 80 valence electrons. The molecule has 0 aliphatic heterocycles. The number of anilines is 1. The summed E-state index contributed by atoms with van der Waals surface area (Å²) >= 11 is 0. The van der Waals surface area contributed by atoms with Crippen molar-refractivity contribution in [3.8, 4) is 0 Å². The van der Waals surface area contributed by atoms with Crippen LogP contribution in [0.2, 0.25) is 0 Å². The summed E-state index contributed by atoms with van der Waals surface area (Å²) in [6.07, 6.45) is 0. The highest BCUT2D eigenvalue weighted by Gasteiger charge is 1.97. The Hall–Kier alpha value is -1.91. The number of oxime groups is 1. The van der Waals surface area contributed by atoms with E-state index in [1.54, 1.807) is 26.0 Å². The molecule has 0 aromatic heterocycles. The van der Waals surface area contributed by atoms with Crippen LogP contribution in [0.3, 0.4) is 0 Å². The molecule has 0 spiro atoms. The minimum absolute atomic E-state index is 0.333. The van der Waals surface area contributed by atoms with Gasteiger partial charge in [0.2, 0.25) is 0 Å². The van der Waals surface area contributed by atoms with Gasteiger partial charge in [-0.2, -0.15) is 5.10 Å². The zero-order valence-corrected chi connectivity index (χ0v) is 8.53. The molecule has 0 saturated heterocycles. The van der Waals surface area contributed by atoms with Gasteiger partial charge in [-0.05, 0) is 32.0 Å². The van der Waals surface area contributed by atoms with E-state index in [1.165, 1.54) is 12.1 Å². The van der Waals surface area contributed by atoms with E-state index in [1.807, 2.05) is 0 Å². The van der Waals surface area contributed by atoms with Gasteiger partial charge in [0.15, 0.2) is 0 Å². The van der Waals surface area contributed by atoms with Crippen LogP contribution in [-0.2, 0) is 0 Å². The fraction of sp³-hybridized carbons (Fsp3) is 0.200. The third-order valence-electron chi connectivity index (χ3n) is 1.85. The van der Waals surface area contributed by atoms with Crippen molar-refractivity contribution in [2.75, 3.05) is 5.43 Å². The van der Waals surface area contributed by atoms with E-state index < -0.39 is 0 Å². The van der Waals surface area contributed by atoms with Crippen molar-refractivity contribution in [2.45, 2.75) is 13.8 Å². The topological polar surface area (TPSA) is 57.0 Å². The maximum atomic E-state index is 12.8. The van der Waals surface area contributed by atoms with E-state index in [4.69, 9.17) is 5.21 Å². The molecule has 1 aromatic carbocycles. The number of rotatable bonds is 3. The van der Waals surface area contributed by atoms with Gasteiger partial charge in [0.1, 0.15) is 5.82 Å². The van der Waals surface area contributed by atoms with Crippen LogP contribution in [0.15, 0.2) is 34.5 Å². The predicted molar refractivity (Wildman–Crippen MR) is 58.0 cm³/mol. The highest BCUT2D eigenvalue weighted by Crippen LogP contribution is 2.08. The molecule has 1 aromatic rings. The molecule has 15 heavy (non-hydrogen) atoms. The van der Waals surface area contributed by atoms with Gasteiger partial charge in [0, 0.05) is 0 Å². The van der Waals surface area contributed by atoms with Gasteiger partial charge in [0.25, 0.3) is 0 Å². The smallest absolute Gasteiger partial charge is 0.125 e. The standard InChI is InChI=1S/C10H12FN3O/c1-7(8(2)14-15)12-13-10-5-3-4-9(11)6-10/h3-6,13,15H,1-2H3. The molecule has 4 nitrogen and oxygen atoms in total. The fourth-order valence-corrected chi connectivity index (χ4v) is 0.860. The molecule has 0 radical (unpaired) electrons. The lowest BCUT2D eigenvalue weighted by Crippen LogP contribution is -2.08. The quantitative estimate of drug-likeness (QED) is 0.456. The summed E-state index contributed by atoms with van der Waals surface area (Å²) in [5, 5.41) is 15.4. The number of benzene rings is 1. The monoisotopic (exact) mass is 209 g/mol. The maximum absolute atomic E-state index is 12.8. The summed E-state index contributed by atoms with van der Waals surface area (Å²) in [5.41, 5.74) is 4.13. The van der Waals surface area contributed by atoms with Crippen LogP contribution in [-0.4, -0.2) is 16.6 Å². The Labute approximate surface area is 87.1 Å². The summed E-state index contributed by atoms with van der Waals surface area (Å²) in [7, 11) is 0. The summed E-state index contributed by atoms with van der Waals surface area (Å²) < 4.78 is 12.8. The number of hydrogen-bond acceptors (Lipinski definition) is 4. The first-order chi connectivity index (χ1) is 7.13. The van der Waals surface area contributed by atoms with Crippen molar-refractivity contribution in [2.24, 2.45) is 10.3 Å². The van der Waals surface area contributed by atoms with Gasteiger partial charge in [-0.15, -0.1) is 0 Å². The van der Waals surface area contributed by atoms with Gasteiger partial charge in [-0.25, -0.2) is 4.39 Å². The lowest BCUT2D eigenvalue weighted by atomic mass is 10.3. The van der Waals surface area contributed by atoms with Crippen molar-refractivity contribution in [1.82, 2.24) is 0 Å². The fourth-order valence-electron chi connectivity index (χ4n) is 0.860. The van der Waals surface area contributed by atoms with E-state index in [0.29, 0.717) is 17.1 Å². The van der Waals surface area contributed by atoms with Crippen LogP contribution in [0.4, 0.5) is 10.1 Å². The Morgan fingerprint density at radius 3 is 2.67 bits per heavy atom. The second kappa shape index (κ2) is 5.09. The zero-order chi connectivity index (χ0) is 11.3. The van der Waals surface area contributed by atoms with Crippen molar-refractivity contribution < 1.29 is 9.60 Å². The molecule has 0 aliphatic carbocycles. The average molecular weight is 209 g/mol. The Morgan fingerprint density at radius 2 is 2.07 bits per heavy atom. The summed E-state index contributed by atoms with van der Waals surface area (Å²) in [5.74, 6) is -0.333. The minimum atomic E-state index is -0.333. The van der Waals surface area contributed by atoms with E-state index in [-0.39, 0.29) is 5.82 Å². The van der Waals surface area contributed by atoms with Gasteiger partial charge < -0.3 is 5.21 Å². The van der Waals surface area contributed by atoms with Gasteiger partial charge in [-0.3, -0.25) is 5.43 Å². The van der Waals surface area contributed by atoms with Crippen LogP contribution in [0.25, 0.3) is 0 Å². The maximum Gasteiger partial charge on any atom is 0.125 e. The SMILES string of the molecule is CC(=NO)C(C)=NNc1cccc(F)c1. The molecular formula is C10H12FN3O. The van der Waals surface area contributed by atoms with Gasteiger partial charge in [0.05, 0.1) is 17.1 Å². The second-order valence-electron chi connectivity index (χ2n) is 3.00. The molecule has 0 fully saturated rings. The zero-order valence-electron chi connectivity index (χ0n) is 8.53. The second-order valence-corrected chi connectivity index (χ2v) is 3.00. The number of halogens is 1. The lowest BCUT2D eigenvalue weighted by Gasteiger charge is -2.01. The largest absolute Gasteiger partial charge is 0.411 e. The lowest BCUT2D eigenvalue weighted by molar-refractivity contribution is 0.320. The van der Waals surface area contributed by atoms with Crippen LogP contribution >= 0.6 is 0 Å². The molecule has 2 N–H and O–H groups in total. The molecule has 0 atom stereocenters.